The third kappa shape index (κ3) is 4.19. The normalized spacial score (nSPS) is 11.7. The van der Waals surface area contributed by atoms with E-state index in [1.165, 1.54) is 24.3 Å². The molecule has 0 spiro atoms. The van der Waals surface area contributed by atoms with Crippen molar-refractivity contribution in [2.75, 3.05) is 11.3 Å². The summed E-state index contributed by atoms with van der Waals surface area (Å²) in [6.45, 7) is 2.68. The van der Waals surface area contributed by atoms with E-state index >= 15 is 0 Å². The third-order valence-corrected chi connectivity index (χ3v) is 4.38. The van der Waals surface area contributed by atoms with Gasteiger partial charge in [-0.05, 0) is 37.6 Å². The Kier molecular flexibility index (Phi) is 5.19. The molecule has 0 atom stereocenters. The van der Waals surface area contributed by atoms with E-state index in [9.17, 15) is 17.2 Å². The maximum absolute atomic E-state index is 12.4. The van der Waals surface area contributed by atoms with Gasteiger partial charge in [0.05, 0.1) is 4.90 Å². The Balaban J connectivity index is 2.18. The second-order valence-corrected chi connectivity index (χ2v) is 6.38. The zero-order valence-electron chi connectivity index (χ0n) is 12.5. The molecule has 23 heavy (non-hydrogen) atoms. The summed E-state index contributed by atoms with van der Waals surface area (Å²) in [7, 11) is -3.84. The molecule has 2 rings (SSSR count). The van der Waals surface area contributed by atoms with Gasteiger partial charge in [-0.1, -0.05) is 12.1 Å². The van der Waals surface area contributed by atoms with E-state index in [1.807, 2.05) is 6.92 Å². The number of nitrogens with one attached hydrogen (secondary N) is 1. The number of hydrogen-bond donors (Lipinski definition) is 1. The lowest BCUT2D eigenvalue weighted by Crippen LogP contribution is -2.14. The average molecular weight is 346 g/mol. The molecule has 0 aliphatic carbocycles. The molecule has 0 amide bonds. The van der Waals surface area contributed by atoms with E-state index in [-0.39, 0.29) is 10.6 Å². The minimum Gasteiger partial charge on any atom is -0.488 e. The van der Waals surface area contributed by atoms with Gasteiger partial charge in [-0.3, -0.25) is 4.72 Å². The van der Waals surface area contributed by atoms with Gasteiger partial charge in [-0.25, -0.2) is 17.2 Å². The van der Waals surface area contributed by atoms with Crippen LogP contribution in [0.25, 0.3) is 0 Å². The van der Waals surface area contributed by atoms with Crippen molar-refractivity contribution in [3.63, 3.8) is 0 Å². The molecule has 0 aliphatic rings. The Labute approximate surface area is 132 Å². The van der Waals surface area contributed by atoms with E-state index in [2.05, 4.69) is 9.88 Å². The Morgan fingerprint density at radius 1 is 1.30 bits per heavy atom. The average Bonchev–Trinajstić information content (AvgIpc) is 2.85. The van der Waals surface area contributed by atoms with Crippen LogP contribution in [0.4, 0.5) is 14.5 Å². The van der Waals surface area contributed by atoms with E-state index in [0.29, 0.717) is 23.6 Å². The number of alkyl halides is 2. The molecule has 6 nitrogen and oxygen atoms in total. The van der Waals surface area contributed by atoms with Crippen molar-refractivity contribution in [1.82, 2.24) is 5.16 Å². The minimum atomic E-state index is -3.84. The van der Waals surface area contributed by atoms with Crippen LogP contribution in [-0.4, -0.2) is 26.6 Å². The standard InChI is InChI=1S/C14H16F2N2O4S/c1-3-12-14(9(2)22-17-12)18-23(19,20)11-6-4-10(5-7-11)21-8-13(15)16/h4-7,13,18H,3,8H2,1-2H3. The van der Waals surface area contributed by atoms with Crippen molar-refractivity contribution >= 4 is 15.7 Å². The topological polar surface area (TPSA) is 81.4 Å². The fraction of sp³-hybridized carbons (Fsp3) is 0.357. The number of nitrogens with zero attached hydrogens (tertiary/aromatic N) is 1. The van der Waals surface area contributed by atoms with Crippen LogP contribution in [0.15, 0.2) is 33.7 Å². The molecule has 0 unspecified atom stereocenters. The molecule has 2 aromatic rings. The maximum Gasteiger partial charge on any atom is 0.272 e. The van der Waals surface area contributed by atoms with Crippen LogP contribution < -0.4 is 9.46 Å². The molecule has 0 fully saturated rings. The van der Waals surface area contributed by atoms with Crippen molar-refractivity contribution < 1.29 is 26.5 Å². The monoisotopic (exact) mass is 346 g/mol. The lowest BCUT2D eigenvalue weighted by Gasteiger charge is -2.09. The van der Waals surface area contributed by atoms with Gasteiger partial charge in [0.1, 0.15) is 23.7 Å². The summed E-state index contributed by atoms with van der Waals surface area (Å²) in [4.78, 5) is -0.0236. The quantitative estimate of drug-likeness (QED) is 0.833. The van der Waals surface area contributed by atoms with Crippen LogP contribution in [0.2, 0.25) is 0 Å². The maximum atomic E-state index is 12.4. The molecule has 1 aromatic carbocycles. The second-order valence-electron chi connectivity index (χ2n) is 4.69. The van der Waals surface area contributed by atoms with Crippen LogP contribution in [0.5, 0.6) is 5.75 Å². The lowest BCUT2D eigenvalue weighted by atomic mass is 10.3. The summed E-state index contributed by atoms with van der Waals surface area (Å²) in [6, 6.07) is 5.19. The van der Waals surface area contributed by atoms with Crippen molar-refractivity contribution in [1.29, 1.82) is 0 Å². The van der Waals surface area contributed by atoms with Crippen LogP contribution in [0.1, 0.15) is 18.4 Å². The smallest absolute Gasteiger partial charge is 0.272 e. The van der Waals surface area contributed by atoms with Crippen LogP contribution in [0.3, 0.4) is 0 Å². The van der Waals surface area contributed by atoms with E-state index in [0.717, 1.165) is 0 Å². The lowest BCUT2D eigenvalue weighted by molar-refractivity contribution is 0.0819. The number of aryl methyl sites for hydroxylation is 2. The van der Waals surface area contributed by atoms with Gasteiger partial charge >= 0.3 is 0 Å². The first kappa shape index (κ1) is 17.2. The van der Waals surface area contributed by atoms with Crippen molar-refractivity contribution in [3.05, 3.63) is 35.7 Å². The van der Waals surface area contributed by atoms with Gasteiger partial charge in [-0.15, -0.1) is 0 Å². The summed E-state index contributed by atoms with van der Waals surface area (Å²) < 4.78 is 61.0. The van der Waals surface area contributed by atoms with E-state index in [4.69, 9.17) is 9.26 Å². The molecular formula is C14H16F2N2O4S. The summed E-state index contributed by atoms with van der Waals surface area (Å²) in [6.07, 6.45) is -2.08. The second kappa shape index (κ2) is 6.95. The van der Waals surface area contributed by atoms with Gasteiger partial charge in [-0.2, -0.15) is 0 Å². The van der Waals surface area contributed by atoms with Gasteiger partial charge in [0.15, 0.2) is 5.76 Å². The summed E-state index contributed by atoms with van der Waals surface area (Å²) >= 11 is 0. The predicted molar refractivity (Wildman–Crippen MR) is 79.4 cm³/mol. The Hall–Kier alpha value is -2.16. The number of anilines is 1. The minimum absolute atomic E-state index is 0.0236. The highest BCUT2D eigenvalue weighted by molar-refractivity contribution is 7.92. The largest absolute Gasteiger partial charge is 0.488 e. The molecule has 126 valence electrons. The highest BCUT2D eigenvalue weighted by Crippen LogP contribution is 2.25. The molecule has 0 saturated heterocycles. The molecule has 0 radical (unpaired) electrons. The molecule has 0 aliphatic heterocycles. The number of ether oxygens (including phenoxy) is 1. The first-order valence-corrected chi connectivity index (χ1v) is 8.30. The van der Waals surface area contributed by atoms with Gasteiger partial charge < -0.3 is 9.26 Å². The highest BCUT2D eigenvalue weighted by atomic mass is 32.2. The van der Waals surface area contributed by atoms with Crippen LogP contribution >= 0.6 is 0 Å². The van der Waals surface area contributed by atoms with Crippen molar-refractivity contribution in [2.45, 2.75) is 31.6 Å². The molecule has 0 bridgehead atoms. The molecular weight excluding hydrogens is 330 g/mol. The summed E-state index contributed by atoms with van der Waals surface area (Å²) in [5, 5.41) is 3.77. The SMILES string of the molecule is CCc1noc(C)c1NS(=O)(=O)c1ccc(OCC(F)F)cc1. The first-order valence-electron chi connectivity index (χ1n) is 6.82. The van der Waals surface area contributed by atoms with Gasteiger partial charge in [0, 0.05) is 0 Å². The van der Waals surface area contributed by atoms with Gasteiger partial charge in [0.25, 0.3) is 16.4 Å². The van der Waals surface area contributed by atoms with Crippen LogP contribution in [-0.2, 0) is 16.4 Å². The van der Waals surface area contributed by atoms with Crippen molar-refractivity contribution in [3.8, 4) is 5.75 Å². The number of hydrogen-bond acceptors (Lipinski definition) is 5. The number of rotatable bonds is 7. The third-order valence-electron chi connectivity index (χ3n) is 3.01. The van der Waals surface area contributed by atoms with E-state index < -0.39 is 23.1 Å². The molecule has 1 N–H and O–H groups in total. The number of halogens is 2. The predicted octanol–water partition coefficient (Wildman–Crippen LogP) is 2.99. The summed E-state index contributed by atoms with van der Waals surface area (Å²) in [5.74, 6) is 0.530. The Morgan fingerprint density at radius 3 is 2.52 bits per heavy atom. The molecule has 0 saturated carbocycles. The molecule has 1 heterocycles. The number of aromatic nitrogens is 1. The fourth-order valence-electron chi connectivity index (χ4n) is 1.86. The number of benzene rings is 1. The fourth-order valence-corrected chi connectivity index (χ4v) is 3.00. The van der Waals surface area contributed by atoms with Crippen LogP contribution in [0, 0.1) is 6.92 Å². The molecule has 1 aromatic heterocycles. The highest BCUT2D eigenvalue weighted by Gasteiger charge is 2.20. The van der Waals surface area contributed by atoms with Gasteiger partial charge in [0.2, 0.25) is 0 Å². The van der Waals surface area contributed by atoms with Crippen molar-refractivity contribution in [2.24, 2.45) is 0 Å². The Bertz CT molecular complexity index is 758. The molecule has 9 heteroatoms. The Morgan fingerprint density at radius 2 is 1.96 bits per heavy atom. The number of sulfonamides is 1. The zero-order chi connectivity index (χ0) is 17.0. The van der Waals surface area contributed by atoms with E-state index in [1.54, 1.807) is 6.92 Å². The zero-order valence-corrected chi connectivity index (χ0v) is 13.4. The summed E-state index contributed by atoms with van der Waals surface area (Å²) in [5.41, 5.74) is 0.813. The first-order chi connectivity index (χ1) is 10.8.